The Hall–Kier alpha value is -2.63. The number of hydrogen-bond donors (Lipinski definition) is 0. The van der Waals surface area contributed by atoms with E-state index in [1.807, 2.05) is 0 Å². The summed E-state index contributed by atoms with van der Waals surface area (Å²) in [6, 6.07) is 0. The molecule has 0 aromatic rings. The first kappa shape index (κ1) is 74.4. The van der Waals surface area contributed by atoms with Gasteiger partial charge in [-0.3, -0.25) is 14.4 Å². The van der Waals surface area contributed by atoms with Crippen molar-refractivity contribution >= 4 is 17.9 Å². The molecular weight excluding hydrogens is 949 g/mol. The van der Waals surface area contributed by atoms with Crippen LogP contribution in [0.2, 0.25) is 0 Å². The van der Waals surface area contributed by atoms with E-state index >= 15 is 0 Å². The van der Waals surface area contributed by atoms with Crippen molar-refractivity contribution in [3.63, 3.8) is 0 Å². The molecule has 0 aromatic heterocycles. The lowest BCUT2D eigenvalue weighted by atomic mass is 10.0. The van der Waals surface area contributed by atoms with Gasteiger partial charge in [0.2, 0.25) is 0 Å². The van der Waals surface area contributed by atoms with Gasteiger partial charge in [-0.2, -0.15) is 0 Å². The predicted molar refractivity (Wildman–Crippen MR) is 335 cm³/mol. The standard InChI is InChI=1S/C71H130O6/c1-4-7-10-13-16-19-22-25-27-29-30-31-32-33-34-35-36-37-38-39-40-42-43-46-49-52-55-58-61-64-70(73)76-67-68(66-75-69(72)63-60-57-54-51-48-45-24-21-18-15-12-9-6-3)77-71(74)65-62-59-56-53-50-47-44-41-28-26-23-20-17-14-11-8-5-2/h8,11,17,20,26,28,44,47,68H,4-7,9-10,12-16,18-19,21-25,27,29-43,45-46,48-67H2,1-3H3/b11-8-,20-17-,28-26-,47-44-. The minimum absolute atomic E-state index is 0.0783. The summed E-state index contributed by atoms with van der Waals surface area (Å²) in [4.78, 5) is 38.3. The lowest BCUT2D eigenvalue weighted by molar-refractivity contribution is -0.167. The molecule has 0 N–H and O–H groups in total. The first-order valence-corrected chi connectivity index (χ1v) is 34.1. The quantitative estimate of drug-likeness (QED) is 0.0261. The van der Waals surface area contributed by atoms with Crippen LogP contribution >= 0.6 is 0 Å². The molecule has 0 bridgehead atoms. The maximum atomic E-state index is 12.9. The van der Waals surface area contributed by atoms with E-state index in [9.17, 15) is 14.4 Å². The van der Waals surface area contributed by atoms with Crippen molar-refractivity contribution in [2.75, 3.05) is 13.2 Å². The number of ether oxygens (including phenoxy) is 3. The molecule has 6 heteroatoms. The highest BCUT2D eigenvalue weighted by Crippen LogP contribution is 2.18. The minimum Gasteiger partial charge on any atom is -0.462 e. The summed E-state index contributed by atoms with van der Waals surface area (Å²) in [5.41, 5.74) is 0. The van der Waals surface area contributed by atoms with E-state index in [4.69, 9.17) is 14.2 Å². The third-order valence-electron chi connectivity index (χ3n) is 15.3. The van der Waals surface area contributed by atoms with E-state index in [1.54, 1.807) is 0 Å². The van der Waals surface area contributed by atoms with Gasteiger partial charge in [0.15, 0.2) is 6.10 Å². The first-order chi connectivity index (χ1) is 38.0. The van der Waals surface area contributed by atoms with Crippen molar-refractivity contribution in [2.24, 2.45) is 0 Å². The van der Waals surface area contributed by atoms with Crippen molar-refractivity contribution in [1.82, 2.24) is 0 Å². The molecule has 0 aliphatic carbocycles. The largest absolute Gasteiger partial charge is 0.462 e. The molecule has 1 atom stereocenters. The summed E-state index contributed by atoms with van der Waals surface area (Å²) in [7, 11) is 0. The predicted octanol–water partition coefficient (Wildman–Crippen LogP) is 23.3. The third kappa shape index (κ3) is 64.1. The topological polar surface area (TPSA) is 78.9 Å². The molecule has 0 saturated heterocycles. The van der Waals surface area contributed by atoms with Crippen LogP contribution in [0.25, 0.3) is 0 Å². The fraction of sp³-hybridized carbons (Fsp3) is 0.845. The van der Waals surface area contributed by atoms with Crippen LogP contribution in [0.3, 0.4) is 0 Å². The average molecular weight is 1080 g/mol. The fourth-order valence-corrected chi connectivity index (χ4v) is 10.3. The second-order valence-corrected chi connectivity index (χ2v) is 23.1. The maximum Gasteiger partial charge on any atom is 0.306 e. The normalized spacial score (nSPS) is 12.3. The van der Waals surface area contributed by atoms with Crippen molar-refractivity contribution in [1.29, 1.82) is 0 Å². The summed E-state index contributed by atoms with van der Waals surface area (Å²) in [6.45, 7) is 6.57. The molecule has 0 aromatic carbocycles. The summed E-state index contributed by atoms with van der Waals surface area (Å²) in [5, 5.41) is 0. The lowest BCUT2D eigenvalue weighted by Crippen LogP contribution is -2.30. The van der Waals surface area contributed by atoms with Crippen LogP contribution in [-0.4, -0.2) is 37.2 Å². The summed E-state index contributed by atoms with van der Waals surface area (Å²) >= 11 is 0. The molecule has 0 radical (unpaired) electrons. The Balaban J connectivity index is 4.18. The summed E-state index contributed by atoms with van der Waals surface area (Å²) < 4.78 is 16.9. The van der Waals surface area contributed by atoms with Gasteiger partial charge >= 0.3 is 17.9 Å². The molecule has 0 saturated carbocycles. The van der Waals surface area contributed by atoms with Crippen LogP contribution in [0.4, 0.5) is 0 Å². The molecule has 0 aliphatic rings. The smallest absolute Gasteiger partial charge is 0.306 e. The van der Waals surface area contributed by atoms with Gasteiger partial charge in [-0.25, -0.2) is 0 Å². The Morgan fingerprint density at radius 1 is 0.273 bits per heavy atom. The molecular formula is C71H130O6. The number of esters is 3. The highest BCUT2D eigenvalue weighted by Gasteiger charge is 2.19. The SMILES string of the molecule is CC/C=C\C/C=C\C/C=C\C/C=C\CCCCCCC(=O)OC(COC(=O)CCCCCCCCCCCCCCC)COC(=O)CCCCCCCCCCCCCCCCCCCCCCCCCCCCCCC. The van der Waals surface area contributed by atoms with Crippen LogP contribution in [0.5, 0.6) is 0 Å². The van der Waals surface area contributed by atoms with Crippen LogP contribution in [-0.2, 0) is 28.6 Å². The van der Waals surface area contributed by atoms with Gasteiger partial charge in [-0.15, -0.1) is 0 Å². The van der Waals surface area contributed by atoms with Crippen LogP contribution in [0.15, 0.2) is 48.6 Å². The Morgan fingerprint density at radius 2 is 0.506 bits per heavy atom. The van der Waals surface area contributed by atoms with Crippen molar-refractivity contribution in [3.8, 4) is 0 Å². The molecule has 0 spiro atoms. The molecule has 0 fully saturated rings. The van der Waals surface area contributed by atoms with E-state index in [-0.39, 0.29) is 31.1 Å². The maximum absolute atomic E-state index is 12.9. The van der Waals surface area contributed by atoms with Gasteiger partial charge in [-0.1, -0.05) is 339 Å². The second-order valence-electron chi connectivity index (χ2n) is 23.1. The Bertz CT molecular complexity index is 1330. The third-order valence-corrected chi connectivity index (χ3v) is 15.3. The van der Waals surface area contributed by atoms with E-state index < -0.39 is 6.10 Å². The Morgan fingerprint density at radius 3 is 0.792 bits per heavy atom. The van der Waals surface area contributed by atoms with Gasteiger partial charge in [0, 0.05) is 19.3 Å². The minimum atomic E-state index is -0.784. The highest BCUT2D eigenvalue weighted by molar-refractivity contribution is 5.71. The number of hydrogen-bond acceptors (Lipinski definition) is 6. The van der Waals surface area contributed by atoms with E-state index in [0.717, 1.165) is 96.3 Å². The van der Waals surface area contributed by atoms with Gasteiger partial charge in [-0.05, 0) is 57.8 Å². The van der Waals surface area contributed by atoms with Gasteiger partial charge in [0.05, 0.1) is 0 Å². The number of carbonyl (C=O) groups excluding carboxylic acids is 3. The molecule has 77 heavy (non-hydrogen) atoms. The molecule has 0 rings (SSSR count). The zero-order chi connectivity index (χ0) is 55.7. The van der Waals surface area contributed by atoms with Crippen molar-refractivity contribution in [2.45, 2.75) is 374 Å². The second kappa shape index (κ2) is 65.9. The average Bonchev–Trinajstić information content (AvgIpc) is 3.43. The monoisotopic (exact) mass is 1080 g/mol. The highest BCUT2D eigenvalue weighted by atomic mass is 16.6. The van der Waals surface area contributed by atoms with Crippen LogP contribution in [0.1, 0.15) is 367 Å². The zero-order valence-electron chi connectivity index (χ0n) is 51.7. The molecule has 0 amide bonds. The number of rotatable bonds is 63. The van der Waals surface area contributed by atoms with E-state index in [2.05, 4.69) is 69.4 Å². The van der Waals surface area contributed by atoms with Crippen LogP contribution in [0, 0.1) is 0 Å². The molecule has 0 aliphatic heterocycles. The molecule has 6 nitrogen and oxygen atoms in total. The van der Waals surface area contributed by atoms with Crippen molar-refractivity contribution < 1.29 is 28.6 Å². The number of unbranched alkanes of at least 4 members (excludes halogenated alkanes) is 44. The van der Waals surface area contributed by atoms with Gasteiger partial charge in [0.1, 0.15) is 13.2 Å². The zero-order valence-corrected chi connectivity index (χ0v) is 51.7. The lowest BCUT2D eigenvalue weighted by Gasteiger charge is -2.18. The van der Waals surface area contributed by atoms with Gasteiger partial charge in [0.25, 0.3) is 0 Å². The molecule has 450 valence electrons. The van der Waals surface area contributed by atoms with Crippen molar-refractivity contribution in [3.05, 3.63) is 48.6 Å². The van der Waals surface area contributed by atoms with Crippen LogP contribution < -0.4 is 0 Å². The first-order valence-electron chi connectivity index (χ1n) is 34.1. The van der Waals surface area contributed by atoms with E-state index in [0.29, 0.717) is 19.3 Å². The molecule has 1 unspecified atom stereocenters. The van der Waals surface area contributed by atoms with E-state index in [1.165, 1.54) is 231 Å². The Labute approximate surface area is 479 Å². The Kier molecular flexibility index (Phi) is 63.6. The van der Waals surface area contributed by atoms with Gasteiger partial charge < -0.3 is 14.2 Å². The summed E-state index contributed by atoms with van der Waals surface area (Å²) in [5.74, 6) is -0.879. The fourth-order valence-electron chi connectivity index (χ4n) is 10.3. The summed E-state index contributed by atoms with van der Waals surface area (Å²) in [6.07, 6.45) is 82.9. The number of carbonyl (C=O) groups is 3. The molecule has 0 heterocycles. The number of allylic oxidation sites excluding steroid dienone is 8.